The number of pyridine rings is 1. The molecule has 1 saturated heterocycles. The molecule has 4 heterocycles. The van der Waals surface area contributed by atoms with Gasteiger partial charge >= 0.3 is 0 Å². The van der Waals surface area contributed by atoms with Crippen molar-refractivity contribution < 1.29 is 9.53 Å². The minimum absolute atomic E-state index is 0.215. The number of piperidine rings is 1. The number of fused-ring (bicyclic) bond motifs is 1. The largest absolute Gasteiger partial charge is 0.489 e. The van der Waals surface area contributed by atoms with Crippen molar-refractivity contribution in [2.75, 3.05) is 32.1 Å². The molecule has 200 valence electrons. The lowest BCUT2D eigenvalue weighted by molar-refractivity contribution is 0.0930. The van der Waals surface area contributed by atoms with Crippen LogP contribution in [0.3, 0.4) is 0 Å². The van der Waals surface area contributed by atoms with Gasteiger partial charge in [-0.2, -0.15) is 5.10 Å². The van der Waals surface area contributed by atoms with Crippen molar-refractivity contribution in [1.29, 1.82) is 0 Å². The molecule has 39 heavy (non-hydrogen) atoms. The van der Waals surface area contributed by atoms with Crippen molar-refractivity contribution in [1.82, 2.24) is 30.4 Å². The monoisotopic (exact) mass is 563 g/mol. The summed E-state index contributed by atoms with van der Waals surface area (Å²) in [7, 11) is 2.11. The van der Waals surface area contributed by atoms with Gasteiger partial charge in [-0.1, -0.05) is 29.3 Å². The van der Waals surface area contributed by atoms with E-state index in [0.29, 0.717) is 33.8 Å². The maximum atomic E-state index is 13.3. The molecule has 11 heteroatoms. The summed E-state index contributed by atoms with van der Waals surface area (Å²) in [5.41, 5.74) is 2.55. The first-order chi connectivity index (χ1) is 18.9. The Kier molecular flexibility index (Phi) is 6.88. The minimum atomic E-state index is -0.467. The number of carbonyl (C=O) groups is 1. The molecule has 0 radical (unpaired) electrons. The Morgan fingerprint density at radius 3 is 2.72 bits per heavy atom. The normalized spacial score (nSPS) is 18.3. The number of nitrogens with one attached hydrogen (secondary N) is 3. The maximum Gasteiger partial charge on any atom is 0.251 e. The number of rotatable bonds is 6. The second-order valence-electron chi connectivity index (χ2n) is 9.98. The number of benzene rings is 2. The van der Waals surface area contributed by atoms with E-state index >= 15 is 0 Å². The third-order valence-electron chi connectivity index (χ3n) is 7.34. The number of hydrogen-bond donors (Lipinski definition) is 3. The Hall–Kier alpha value is -3.66. The Labute approximate surface area is 235 Å². The summed E-state index contributed by atoms with van der Waals surface area (Å²) in [5.74, 6) is 1.74. The van der Waals surface area contributed by atoms with Gasteiger partial charge in [0.15, 0.2) is 11.6 Å². The van der Waals surface area contributed by atoms with E-state index in [2.05, 4.69) is 37.8 Å². The predicted molar refractivity (Wildman–Crippen MR) is 150 cm³/mol. The predicted octanol–water partition coefficient (Wildman–Crippen LogP) is 5.07. The number of hydrogen-bond acceptors (Lipinski definition) is 7. The van der Waals surface area contributed by atoms with E-state index < -0.39 is 5.54 Å². The zero-order chi connectivity index (χ0) is 27.0. The summed E-state index contributed by atoms with van der Waals surface area (Å²) in [4.78, 5) is 24.5. The van der Waals surface area contributed by atoms with E-state index in [-0.39, 0.29) is 11.9 Å². The molecule has 0 bridgehead atoms. The number of ether oxygens (including phenoxy) is 1. The van der Waals surface area contributed by atoms with Crippen LogP contribution in [0, 0.1) is 0 Å². The molecule has 9 nitrogen and oxygen atoms in total. The highest BCUT2D eigenvalue weighted by molar-refractivity contribution is 6.35. The molecule has 3 N–H and O–H groups in total. The lowest BCUT2D eigenvalue weighted by Crippen LogP contribution is -2.46. The first-order valence-corrected chi connectivity index (χ1v) is 13.5. The fourth-order valence-electron chi connectivity index (χ4n) is 5.15. The summed E-state index contributed by atoms with van der Waals surface area (Å²) in [6.45, 7) is 2.08. The Morgan fingerprint density at radius 2 is 1.92 bits per heavy atom. The quantitative estimate of drug-likeness (QED) is 0.300. The number of nitrogens with zero attached hydrogens (tertiary/aromatic N) is 4. The molecule has 2 aliphatic heterocycles. The Bertz CT molecular complexity index is 1500. The average Bonchev–Trinajstić information content (AvgIpc) is 3.60. The minimum Gasteiger partial charge on any atom is -0.489 e. The van der Waals surface area contributed by atoms with Gasteiger partial charge in [-0.15, -0.1) is 0 Å². The number of H-pyrrole nitrogens is 1. The first kappa shape index (κ1) is 25.6. The first-order valence-electron chi connectivity index (χ1n) is 12.7. The third kappa shape index (κ3) is 5.17. The van der Waals surface area contributed by atoms with Gasteiger partial charge in [0.2, 0.25) is 0 Å². The van der Waals surface area contributed by atoms with Crippen LogP contribution in [-0.4, -0.2) is 57.7 Å². The molecule has 4 aromatic rings. The number of amides is 1. The van der Waals surface area contributed by atoms with E-state index in [1.165, 1.54) is 0 Å². The lowest BCUT2D eigenvalue weighted by Gasteiger charge is -2.40. The highest BCUT2D eigenvalue weighted by Gasteiger charge is 2.39. The summed E-state index contributed by atoms with van der Waals surface area (Å²) in [5, 5.41) is 15.4. The van der Waals surface area contributed by atoms with Crippen LogP contribution in [0.15, 0.2) is 60.9 Å². The second kappa shape index (κ2) is 10.5. The van der Waals surface area contributed by atoms with Crippen molar-refractivity contribution in [3.63, 3.8) is 0 Å². The molecule has 2 aromatic carbocycles. The van der Waals surface area contributed by atoms with Gasteiger partial charge in [0.1, 0.15) is 12.4 Å². The van der Waals surface area contributed by atoms with E-state index in [0.717, 1.165) is 48.6 Å². The smallest absolute Gasteiger partial charge is 0.251 e. The van der Waals surface area contributed by atoms with E-state index in [9.17, 15) is 4.79 Å². The number of anilines is 1. The number of aromatic amines is 1. The molecular weight excluding hydrogens is 537 g/mol. The van der Waals surface area contributed by atoms with Crippen molar-refractivity contribution in [3.8, 4) is 17.1 Å². The van der Waals surface area contributed by atoms with Crippen LogP contribution in [-0.2, 0) is 5.54 Å². The van der Waals surface area contributed by atoms with Crippen LogP contribution in [0.25, 0.3) is 11.4 Å². The van der Waals surface area contributed by atoms with Crippen LogP contribution >= 0.6 is 23.2 Å². The van der Waals surface area contributed by atoms with Crippen molar-refractivity contribution in [2.45, 2.75) is 24.4 Å². The summed E-state index contributed by atoms with van der Waals surface area (Å²) < 4.78 is 5.72. The fraction of sp³-hybridized carbons (Fsp3) is 0.286. The van der Waals surface area contributed by atoms with Gasteiger partial charge < -0.3 is 20.3 Å². The molecule has 1 fully saturated rings. The zero-order valence-electron chi connectivity index (χ0n) is 21.2. The molecule has 1 atom stereocenters. The Balaban J connectivity index is 1.24. The molecule has 6 rings (SSSR count). The standard InChI is InChI=1S/C28H27Cl2N7O2/c1-37-11-7-28(8-12-37,27-33-25(35-36-27)17-5-9-31-10-6-17)34-20-4-2-3-18(13-20)26(38)32-23-16-39-24-21(23)14-19(29)15-22(24)30/h2-6,9-10,13-15,23,34H,7-8,11-12,16H2,1H3,(H,32,38)(H,33,35,36)/t23-/m1/s1. The van der Waals surface area contributed by atoms with Gasteiger partial charge in [0, 0.05) is 52.9 Å². The van der Waals surface area contributed by atoms with Crippen LogP contribution < -0.4 is 15.4 Å². The van der Waals surface area contributed by atoms with Crippen molar-refractivity contribution in [3.05, 3.63) is 87.9 Å². The zero-order valence-corrected chi connectivity index (χ0v) is 22.8. The molecular formula is C28H27Cl2N7O2. The summed E-state index contributed by atoms with van der Waals surface area (Å²) in [6, 6.07) is 14.3. The van der Waals surface area contributed by atoms with Gasteiger partial charge in [0.05, 0.1) is 16.6 Å². The number of likely N-dealkylation sites (tertiary alicyclic amines) is 1. The molecule has 2 aliphatic rings. The van der Waals surface area contributed by atoms with Crippen LogP contribution in [0.1, 0.15) is 40.6 Å². The van der Waals surface area contributed by atoms with Crippen LogP contribution in [0.2, 0.25) is 10.0 Å². The van der Waals surface area contributed by atoms with Gasteiger partial charge in [-0.05, 0) is 62.4 Å². The van der Waals surface area contributed by atoms with Crippen LogP contribution in [0.5, 0.6) is 5.75 Å². The van der Waals surface area contributed by atoms with Crippen molar-refractivity contribution in [2.24, 2.45) is 0 Å². The van der Waals surface area contributed by atoms with Crippen molar-refractivity contribution >= 4 is 34.8 Å². The maximum absolute atomic E-state index is 13.3. The van der Waals surface area contributed by atoms with Gasteiger partial charge in [-0.3, -0.25) is 14.9 Å². The average molecular weight is 564 g/mol. The molecule has 0 unspecified atom stereocenters. The molecule has 0 spiro atoms. The van der Waals surface area contributed by atoms with Gasteiger partial charge in [-0.25, -0.2) is 4.98 Å². The summed E-state index contributed by atoms with van der Waals surface area (Å²) in [6.07, 6.45) is 5.10. The topological polar surface area (TPSA) is 108 Å². The number of halogens is 2. The highest BCUT2D eigenvalue weighted by atomic mass is 35.5. The Morgan fingerprint density at radius 1 is 1.13 bits per heavy atom. The lowest BCUT2D eigenvalue weighted by atomic mass is 9.86. The fourth-order valence-corrected chi connectivity index (χ4v) is 5.71. The number of carbonyl (C=O) groups excluding carboxylic acids is 1. The SMILES string of the molecule is CN1CCC(Nc2cccc(C(=O)N[C@@H]3COc4c(Cl)cc(Cl)cc43)c2)(c2nc(-c3ccncc3)n[nH]2)CC1. The molecule has 0 aliphatic carbocycles. The second-order valence-corrected chi connectivity index (χ2v) is 10.8. The third-order valence-corrected chi connectivity index (χ3v) is 7.84. The molecule has 1 amide bonds. The van der Waals surface area contributed by atoms with E-state index in [4.69, 9.17) is 32.9 Å². The molecule has 2 aromatic heterocycles. The van der Waals surface area contributed by atoms with Crippen LogP contribution in [0.4, 0.5) is 5.69 Å². The van der Waals surface area contributed by atoms with E-state index in [1.54, 1.807) is 30.6 Å². The molecule has 0 saturated carbocycles. The van der Waals surface area contributed by atoms with Gasteiger partial charge in [0.25, 0.3) is 5.91 Å². The highest BCUT2D eigenvalue weighted by Crippen LogP contribution is 2.41. The number of aromatic nitrogens is 4. The summed E-state index contributed by atoms with van der Waals surface area (Å²) >= 11 is 12.5. The van der Waals surface area contributed by atoms with E-state index in [1.807, 2.05) is 30.3 Å².